The zero-order chi connectivity index (χ0) is 13.7. The van der Waals surface area contributed by atoms with Crippen LogP contribution < -0.4 is 5.32 Å². The monoisotopic (exact) mass is 261 g/mol. The minimum atomic E-state index is 0.610. The van der Waals surface area contributed by atoms with Gasteiger partial charge in [0, 0.05) is 32.2 Å². The van der Waals surface area contributed by atoms with Gasteiger partial charge in [-0.1, -0.05) is 29.8 Å². The maximum absolute atomic E-state index is 3.56. The molecule has 3 heteroatoms. The first kappa shape index (κ1) is 14.5. The van der Waals surface area contributed by atoms with E-state index >= 15 is 0 Å². The molecule has 1 saturated heterocycles. The lowest BCUT2D eigenvalue weighted by Gasteiger charge is -2.31. The van der Waals surface area contributed by atoms with Gasteiger partial charge in [0.1, 0.15) is 0 Å². The number of benzene rings is 1. The molecular weight excluding hydrogens is 234 g/mol. The molecule has 0 radical (unpaired) electrons. The van der Waals surface area contributed by atoms with Crippen molar-refractivity contribution >= 4 is 0 Å². The first-order valence-electron chi connectivity index (χ1n) is 7.30. The van der Waals surface area contributed by atoms with Crippen LogP contribution in [0.4, 0.5) is 0 Å². The van der Waals surface area contributed by atoms with E-state index in [1.807, 2.05) is 0 Å². The second-order valence-corrected chi connectivity index (χ2v) is 5.93. The maximum atomic E-state index is 3.56. The van der Waals surface area contributed by atoms with Gasteiger partial charge in [-0.3, -0.25) is 4.90 Å². The Morgan fingerprint density at radius 3 is 2.68 bits per heavy atom. The molecule has 2 rings (SSSR count). The molecule has 1 aromatic carbocycles. The summed E-state index contributed by atoms with van der Waals surface area (Å²) in [6.45, 7) is 7.78. The van der Waals surface area contributed by atoms with Gasteiger partial charge >= 0.3 is 0 Å². The molecule has 0 saturated carbocycles. The summed E-state index contributed by atoms with van der Waals surface area (Å²) < 4.78 is 0. The van der Waals surface area contributed by atoms with E-state index in [9.17, 15) is 0 Å². The SMILES string of the molecule is Cc1ccc(CN2CCCNCC2CN(C)C)cc1. The second kappa shape index (κ2) is 7.04. The number of hydrogen-bond donors (Lipinski definition) is 1. The van der Waals surface area contributed by atoms with Gasteiger partial charge in [0.25, 0.3) is 0 Å². The lowest BCUT2D eigenvalue weighted by Crippen LogP contribution is -2.45. The van der Waals surface area contributed by atoms with E-state index in [1.54, 1.807) is 0 Å². The van der Waals surface area contributed by atoms with Gasteiger partial charge in [-0.2, -0.15) is 0 Å². The standard InChI is InChI=1S/C16H27N3/c1-14-5-7-15(8-6-14)12-19-10-4-9-17-11-16(19)13-18(2)3/h5-8,16-17H,4,9-13H2,1-3H3. The third-order valence-electron chi connectivity index (χ3n) is 3.78. The number of nitrogens with one attached hydrogen (secondary N) is 1. The van der Waals surface area contributed by atoms with Crippen LogP contribution in [0.25, 0.3) is 0 Å². The maximum Gasteiger partial charge on any atom is 0.0351 e. The molecule has 1 atom stereocenters. The van der Waals surface area contributed by atoms with Crippen molar-refractivity contribution in [2.75, 3.05) is 40.3 Å². The van der Waals surface area contributed by atoms with Crippen LogP contribution in [0.2, 0.25) is 0 Å². The van der Waals surface area contributed by atoms with Gasteiger partial charge in [-0.05, 0) is 39.5 Å². The predicted molar refractivity (Wildman–Crippen MR) is 81.4 cm³/mol. The van der Waals surface area contributed by atoms with Gasteiger partial charge in [-0.15, -0.1) is 0 Å². The van der Waals surface area contributed by atoms with E-state index in [1.165, 1.54) is 24.1 Å². The molecule has 0 aromatic heterocycles. The molecule has 3 nitrogen and oxygen atoms in total. The molecule has 1 aromatic rings. The van der Waals surface area contributed by atoms with Crippen molar-refractivity contribution in [3.63, 3.8) is 0 Å². The number of hydrogen-bond acceptors (Lipinski definition) is 3. The first-order valence-corrected chi connectivity index (χ1v) is 7.30. The van der Waals surface area contributed by atoms with Crippen molar-refractivity contribution in [3.8, 4) is 0 Å². The quantitative estimate of drug-likeness (QED) is 0.890. The number of aryl methyl sites for hydroxylation is 1. The Labute approximate surface area is 117 Å². The Kier molecular flexibility index (Phi) is 5.37. The van der Waals surface area contributed by atoms with E-state index in [0.29, 0.717) is 6.04 Å². The molecule has 1 aliphatic rings. The zero-order valence-corrected chi connectivity index (χ0v) is 12.5. The van der Waals surface area contributed by atoms with Crippen LogP contribution in [0.5, 0.6) is 0 Å². The molecule has 1 fully saturated rings. The highest BCUT2D eigenvalue weighted by atomic mass is 15.2. The van der Waals surface area contributed by atoms with E-state index < -0.39 is 0 Å². The molecule has 19 heavy (non-hydrogen) atoms. The fraction of sp³-hybridized carbons (Fsp3) is 0.625. The minimum absolute atomic E-state index is 0.610. The van der Waals surface area contributed by atoms with Gasteiger partial charge in [-0.25, -0.2) is 0 Å². The molecule has 1 heterocycles. The van der Waals surface area contributed by atoms with Crippen LogP contribution in [0.15, 0.2) is 24.3 Å². The Hall–Kier alpha value is -0.900. The Balaban J connectivity index is 2.02. The van der Waals surface area contributed by atoms with Crippen LogP contribution in [-0.4, -0.2) is 56.1 Å². The van der Waals surface area contributed by atoms with E-state index in [-0.39, 0.29) is 0 Å². The lowest BCUT2D eigenvalue weighted by atomic mass is 10.1. The largest absolute Gasteiger partial charge is 0.315 e. The third kappa shape index (κ3) is 4.60. The topological polar surface area (TPSA) is 18.5 Å². The summed E-state index contributed by atoms with van der Waals surface area (Å²) in [6, 6.07) is 9.57. The molecule has 1 aliphatic heterocycles. The smallest absolute Gasteiger partial charge is 0.0351 e. The van der Waals surface area contributed by atoms with Crippen LogP contribution in [0, 0.1) is 6.92 Å². The summed E-state index contributed by atoms with van der Waals surface area (Å²) in [7, 11) is 4.32. The normalized spacial score (nSPS) is 21.6. The Bertz CT molecular complexity index is 372. The summed E-state index contributed by atoms with van der Waals surface area (Å²) in [5.74, 6) is 0. The molecule has 0 spiro atoms. The number of rotatable bonds is 4. The van der Waals surface area contributed by atoms with Gasteiger partial charge < -0.3 is 10.2 Å². The van der Waals surface area contributed by atoms with E-state index in [2.05, 4.69) is 60.4 Å². The van der Waals surface area contributed by atoms with Crippen LogP contribution in [0.1, 0.15) is 17.5 Å². The average Bonchev–Trinajstić information content (AvgIpc) is 2.58. The molecule has 0 amide bonds. The van der Waals surface area contributed by atoms with Crippen molar-refractivity contribution in [1.82, 2.24) is 15.1 Å². The van der Waals surface area contributed by atoms with Gasteiger partial charge in [0.2, 0.25) is 0 Å². The fourth-order valence-electron chi connectivity index (χ4n) is 2.73. The first-order chi connectivity index (χ1) is 9.15. The van der Waals surface area contributed by atoms with Crippen molar-refractivity contribution in [2.45, 2.75) is 25.9 Å². The summed E-state index contributed by atoms with van der Waals surface area (Å²) >= 11 is 0. The molecule has 106 valence electrons. The van der Waals surface area contributed by atoms with E-state index in [4.69, 9.17) is 0 Å². The summed E-state index contributed by atoms with van der Waals surface area (Å²) in [5, 5.41) is 3.56. The summed E-state index contributed by atoms with van der Waals surface area (Å²) in [6.07, 6.45) is 1.25. The average molecular weight is 261 g/mol. The number of likely N-dealkylation sites (N-methyl/N-ethyl adjacent to an activating group) is 1. The van der Waals surface area contributed by atoms with Crippen LogP contribution >= 0.6 is 0 Å². The van der Waals surface area contributed by atoms with Gasteiger partial charge in [0.05, 0.1) is 0 Å². The highest BCUT2D eigenvalue weighted by Gasteiger charge is 2.21. The zero-order valence-electron chi connectivity index (χ0n) is 12.5. The fourth-order valence-corrected chi connectivity index (χ4v) is 2.73. The molecule has 0 aliphatic carbocycles. The predicted octanol–water partition coefficient (Wildman–Crippen LogP) is 1.72. The van der Waals surface area contributed by atoms with Gasteiger partial charge in [0.15, 0.2) is 0 Å². The van der Waals surface area contributed by atoms with Crippen molar-refractivity contribution in [3.05, 3.63) is 35.4 Å². The number of nitrogens with zero attached hydrogens (tertiary/aromatic N) is 2. The molecule has 0 bridgehead atoms. The van der Waals surface area contributed by atoms with E-state index in [0.717, 1.165) is 26.2 Å². The minimum Gasteiger partial charge on any atom is -0.315 e. The molecular formula is C16H27N3. The molecule has 1 unspecified atom stereocenters. The van der Waals surface area contributed by atoms with Crippen molar-refractivity contribution in [2.24, 2.45) is 0 Å². The Morgan fingerprint density at radius 2 is 2.00 bits per heavy atom. The third-order valence-corrected chi connectivity index (χ3v) is 3.78. The summed E-state index contributed by atoms with van der Waals surface area (Å²) in [4.78, 5) is 4.92. The second-order valence-electron chi connectivity index (χ2n) is 5.93. The molecule has 1 N–H and O–H groups in total. The Morgan fingerprint density at radius 1 is 1.26 bits per heavy atom. The summed E-state index contributed by atoms with van der Waals surface area (Å²) in [5.41, 5.74) is 2.77. The van der Waals surface area contributed by atoms with Crippen LogP contribution in [-0.2, 0) is 6.54 Å². The van der Waals surface area contributed by atoms with Crippen molar-refractivity contribution < 1.29 is 0 Å². The lowest BCUT2D eigenvalue weighted by molar-refractivity contribution is 0.165. The highest BCUT2D eigenvalue weighted by Crippen LogP contribution is 2.12. The van der Waals surface area contributed by atoms with Crippen LogP contribution in [0.3, 0.4) is 0 Å². The highest BCUT2D eigenvalue weighted by molar-refractivity contribution is 5.21. The van der Waals surface area contributed by atoms with Crippen molar-refractivity contribution in [1.29, 1.82) is 0 Å².